The molecule has 2 atom stereocenters. The Bertz CT molecular complexity index is 572. The van der Waals surface area contributed by atoms with Gasteiger partial charge in [-0.3, -0.25) is 14.6 Å². The molecule has 0 aromatic heterocycles. The van der Waals surface area contributed by atoms with Gasteiger partial charge in [0.15, 0.2) is 0 Å². The smallest absolute Gasteiger partial charge is 0.236 e. The van der Waals surface area contributed by atoms with E-state index in [-0.39, 0.29) is 0 Å². The molecule has 5 rings (SSSR count). The van der Waals surface area contributed by atoms with E-state index < -0.39 is 0 Å². The molecule has 4 fully saturated rings. The van der Waals surface area contributed by atoms with E-state index >= 15 is 0 Å². The van der Waals surface area contributed by atoms with Gasteiger partial charge in [0.05, 0.1) is 6.54 Å². The van der Waals surface area contributed by atoms with Crippen molar-refractivity contribution in [2.45, 2.75) is 25.4 Å². The van der Waals surface area contributed by atoms with Crippen molar-refractivity contribution in [1.82, 2.24) is 20.0 Å². The summed E-state index contributed by atoms with van der Waals surface area (Å²) >= 11 is 0. The van der Waals surface area contributed by atoms with E-state index in [1.165, 1.54) is 24.9 Å². The number of rotatable bonds is 4. The predicted molar refractivity (Wildman–Crippen MR) is 99.3 cm³/mol. The highest BCUT2D eigenvalue weighted by atomic mass is 16.2. The van der Waals surface area contributed by atoms with Crippen LogP contribution in [0.2, 0.25) is 0 Å². The molecular weight excluding hydrogens is 312 g/mol. The summed E-state index contributed by atoms with van der Waals surface area (Å²) in [4.78, 5) is 19.7. The number of carbonyl (C=O) groups excluding carboxylic acids is 1. The number of benzene rings is 1. The monoisotopic (exact) mass is 342 g/mol. The first-order chi connectivity index (χ1) is 12.3. The van der Waals surface area contributed by atoms with E-state index in [0.717, 1.165) is 45.8 Å². The topological polar surface area (TPSA) is 38.8 Å². The minimum atomic E-state index is 0.317. The van der Waals surface area contributed by atoms with Crippen LogP contribution in [-0.2, 0) is 11.3 Å². The number of piperazine rings is 1. The van der Waals surface area contributed by atoms with Gasteiger partial charge < -0.3 is 10.2 Å². The summed E-state index contributed by atoms with van der Waals surface area (Å²) in [5.41, 5.74) is 1.40. The van der Waals surface area contributed by atoms with Crippen molar-refractivity contribution in [3.63, 3.8) is 0 Å². The molecule has 4 aliphatic rings. The standard InChI is InChI=1S/C20H30N4O/c25-20(23-10-8-21-9-11-23)16-22-12-18-6-7-19(15-22)24(14-18)13-17-4-2-1-3-5-17/h1-5,18-19,21H,6-16H2/t18-,19+/m0/s1. The van der Waals surface area contributed by atoms with E-state index in [0.29, 0.717) is 24.4 Å². The lowest BCUT2D eigenvalue weighted by Crippen LogP contribution is -2.50. The molecule has 136 valence electrons. The Morgan fingerprint density at radius 2 is 1.84 bits per heavy atom. The van der Waals surface area contributed by atoms with Crippen LogP contribution in [0, 0.1) is 5.92 Å². The van der Waals surface area contributed by atoms with Crippen molar-refractivity contribution in [2.75, 3.05) is 52.4 Å². The molecule has 4 aliphatic heterocycles. The third kappa shape index (κ3) is 4.22. The molecule has 0 spiro atoms. The molecule has 0 radical (unpaired) electrons. The minimum Gasteiger partial charge on any atom is -0.339 e. The van der Waals surface area contributed by atoms with Crippen LogP contribution in [-0.4, -0.2) is 79.0 Å². The summed E-state index contributed by atoms with van der Waals surface area (Å²) in [7, 11) is 0. The van der Waals surface area contributed by atoms with Crippen LogP contribution in [0.4, 0.5) is 0 Å². The van der Waals surface area contributed by atoms with Gasteiger partial charge in [-0.15, -0.1) is 0 Å². The van der Waals surface area contributed by atoms with E-state index in [2.05, 4.69) is 45.4 Å². The zero-order valence-electron chi connectivity index (χ0n) is 15.1. The molecule has 4 saturated heterocycles. The SMILES string of the molecule is O=C(CN1C[C@@H]2CC[C@H](C1)N(Cc1ccccc1)C2)N1CCNCC1. The lowest BCUT2D eigenvalue weighted by molar-refractivity contribution is -0.133. The fraction of sp³-hybridized carbons (Fsp3) is 0.650. The first-order valence-electron chi connectivity index (χ1n) is 9.77. The van der Waals surface area contributed by atoms with Crippen molar-refractivity contribution < 1.29 is 4.79 Å². The van der Waals surface area contributed by atoms with Gasteiger partial charge >= 0.3 is 0 Å². The maximum Gasteiger partial charge on any atom is 0.236 e. The van der Waals surface area contributed by atoms with Crippen LogP contribution >= 0.6 is 0 Å². The van der Waals surface area contributed by atoms with Gasteiger partial charge in [-0.2, -0.15) is 0 Å². The van der Waals surface area contributed by atoms with Crippen molar-refractivity contribution in [3.05, 3.63) is 35.9 Å². The summed E-state index contributed by atoms with van der Waals surface area (Å²) in [5.74, 6) is 1.02. The quantitative estimate of drug-likeness (QED) is 0.887. The average Bonchev–Trinajstić information content (AvgIpc) is 2.94. The van der Waals surface area contributed by atoms with Crippen LogP contribution in [0.1, 0.15) is 18.4 Å². The number of carbonyl (C=O) groups is 1. The van der Waals surface area contributed by atoms with E-state index in [4.69, 9.17) is 0 Å². The van der Waals surface area contributed by atoms with E-state index in [1.54, 1.807) is 0 Å². The van der Waals surface area contributed by atoms with Crippen LogP contribution < -0.4 is 5.32 Å². The second-order valence-electron chi connectivity index (χ2n) is 7.84. The van der Waals surface area contributed by atoms with Crippen LogP contribution in [0.15, 0.2) is 30.3 Å². The summed E-state index contributed by atoms with van der Waals surface area (Å²) in [5, 5.41) is 3.32. The number of fused-ring (bicyclic) bond motifs is 4. The Hall–Kier alpha value is -1.43. The number of hydrogen-bond acceptors (Lipinski definition) is 4. The number of nitrogens with one attached hydrogen (secondary N) is 1. The van der Waals surface area contributed by atoms with Crippen LogP contribution in [0.25, 0.3) is 0 Å². The average molecular weight is 342 g/mol. The maximum atomic E-state index is 12.6. The third-order valence-electron chi connectivity index (χ3n) is 5.96. The highest BCUT2D eigenvalue weighted by Crippen LogP contribution is 2.29. The molecule has 5 heteroatoms. The van der Waals surface area contributed by atoms with Gasteiger partial charge in [0, 0.05) is 58.4 Å². The molecular formula is C20H30N4O. The van der Waals surface area contributed by atoms with Crippen molar-refractivity contribution in [2.24, 2.45) is 5.92 Å². The fourth-order valence-corrected chi connectivity index (χ4v) is 4.62. The summed E-state index contributed by atoms with van der Waals surface area (Å²) in [6.07, 6.45) is 2.59. The number of piperidine rings is 1. The van der Waals surface area contributed by atoms with Crippen molar-refractivity contribution in [3.8, 4) is 0 Å². The van der Waals surface area contributed by atoms with Gasteiger partial charge in [0.2, 0.25) is 5.91 Å². The maximum absolute atomic E-state index is 12.6. The van der Waals surface area contributed by atoms with E-state index in [9.17, 15) is 4.79 Å². The highest BCUT2D eigenvalue weighted by Gasteiger charge is 2.35. The normalized spacial score (nSPS) is 28.1. The zero-order valence-corrected chi connectivity index (χ0v) is 15.1. The number of nitrogens with zero attached hydrogens (tertiary/aromatic N) is 3. The highest BCUT2D eigenvalue weighted by molar-refractivity contribution is 5.78. The molecule has 1 aromatic rings. The second kappa shape index (κ2) is 7.85. The largest absolute Gasteiger partial charge is 0.339 e. The second-order valence-corrected chi connectivity index (χ2v) is 7.84. The summed E-state index contributed by atoms with van der Waals surface area (Å²) in [6, 6.07) is 11.4. The lowest BCUT2D eigenvalue weighted by Gasteiger charge is -2.36. The number of amides is 1. The Labute approximate surface area is 151 Å². The lowest BCUT2D eigenvalue weighted by atomic mass is 9.94. The predicted octanol–water partition coefficient (Wildman–Crippen LogP) is 1.01. The van der Waals surface area contributed by atoms with Gasteiger partial charge in [0.25, 0.3) is 0 Å². The molecule has 0 saturated carbocycles. The summed E-state index contributed by atoms with van der Waals surface area (Å²) in [6.45, 7) is 8.54. The molecule has 4 heterocycles. The minimum absolute atomic E-state index is 0.317. The van der Waals surface area contributed by atoms with Crippen molar-refractivity contribution in [1.29, 1.82) is 0 Å². The van der Waals surface area contributed by atoms with Gasteiger partial charge in [0.1, 0.15) is 0 Å². The Morgan fingerprint density at radius 3 is 2.64 bits per heavy atom. The molecule has 2 bridgehead atoms. The Morgan fingerprint density at radius 1 is 1.04 bits per heavy atom. The molecule has 0 unspecified atom stereocenters. The molecule has 1 N–H and O–H groups in total. The molecule has 0 aliphatic carbocycles. The Kier molecular flexibility index (Phi) is 5.34. The van der Waals surface area contributed by atoms with Crippen LogP contribution in [0.5, 0.6) is 0 Å². The van der Waals surface area contributed by atoms with Gasteiger partial charge in [-0.1, -0.05) is 30.3 Å². The zero-order chi connectivity index (χ0) is 17.1. The molecule has 1 amide bonds. The van der Waals surface area contributed by atoms with Gasteiger partial charge in [-0.25, -0.2) is 0 Å². The molecule has 25 heavy (non-hydrogen) atoms. The Balaban J connectivity index is 1.36. The third-order valence-corrected chi connectivity index (χ3v) is 5.96. The number of hydrogen-bond donors (Lipinski definition) is 1. The fourth-order valence-electron chi connectivity index (χ4n) is 4.62. The van der Waals surface area contributed by atoms with Gasteiger partial charge in [-0.05, 0) is 24.3 Å². The first-order valence-corrected chi connectivity index (χ1v) is 9.77. The van der Waals surface area contributed by atoms with Crippen LogP contribution in [0.3, 0.4) is 0 Å². The van der Waals surface area contributed by atoms with Crippen molar-refractivity contribution >= 4 is 5.91 Å². The molecule has 1 aromatic carbocycles. The summed E-state index contributed by atoms with van der Waals surface area (Å²) < 4.78 is 0. The first kappa shape index (κ1) is 17.0. The molecule has 5 nitrogen and oxygen atoms in total. The van der Waals surface area contributed by atoms with E-state index in [1.807, 2.05) is 4.90 Å².